The number of benzene rings is 1. The van der Waals surface area contributed by atoms with Crippen molar-refractivity contribution in [3.05, 3.63) is 53.9 Å². The van der Waals surface area contributed by atoms with Gasteiger partial charge in [0.1, 0.15) is 12.4 Å². The van der Waals surface area contributed by atoms with Crippen LogP contribution >= 0.6 is 0 Å². The average Bonchev–Trinajstić information content (AvgIpc) is 3.09. The molecule has 2 aliphatic heterocycles. The van der Waals surface area contributed by atoms with Gasteiger partial charge in [-0.15, -0.1) is 0 Å². The molecule has 0 saturated carbocycles. The fraction of sp³-hybridized carbons (Fsp3) is 0.400. The second-order valence-corrected chi connectivity index (χ2v) is 6.69. The molecule has 2 aliphatic rings. The van der Waals surface area contributed by atoms with Crippen molar-refractivity contribution >= 4 is 11.6 Å². The fourth-order valence-corrected chi connectivity index (χ4v) is 3.55. The van der Waals surface area contributed by atoms with Crippen LogP contribution in [0.2, 0.25) is 0 Å². The van der Waals surface area contributed by atoms with E-state index in [1.54, 1.807) is 12.4 Å². The van der Waals surface area contributed by atoms with Crippen molar-refractivity contribution in [2.45, 2.75) is 25.8 Å². The van der Waals surface area contributed by atoms with E-state index in [1.807, 2.05) is 17.0 Å². The lowest BCUT2D eigenvalue weighted by atomic mass is 10.1. The highest BCUT2D eigenvalue weighted by atomic mass is 16.5. The molecule has 0 atom stereocenters. The summed E-state index contributed by atoms with van der Waals surface area (Å²) in [6.07, 6.45) is 6.37. The molecule has 0 spiro atoms. The van der Waals surface area contributed by atoms with Gasteiger partial charge in [0, 0.05) is 43.3 Å². The highest BCUT2D eigenvalue weighted by molar-refractivity contribution is 5.79. The molecule has 5 nitrogen and oxygen atoms in total. The van der Waals surface area contributed by atoms with Crippen molar-refractivity contribution in [3.63, 3.8) is 0 Å². The summed E-state index contributed by atoms with van der Waals surface area (Å²) in [5, 5.41) is 0. The van der Waals surface area contributed by atoms with E-state index in [2.05, 4.69) is 28.1 Å². The maximum absolute atomic E-state index is 12.7. The van der Waals surface area contributed by atoms with E-state index in [4.69, 9.17) is 4.74 Å². The van der Waals surface area contributed by atoms with E-state index < -0.39 is 0 Å². The Kier molecular flexibility index (Phi) is 4.55. The number of ether oxygens (including phenoxy) is 1. The standard InChI is InChI=1S/C20H23N3O2/c24-20(12-16-4-3-7-21-14-16)23-10-11-25-19-6-5-18(13-17(19)15-23)22-8-1-2-9-22/h3-7,13-14H,1-2,8-12,15H2. The number of hydrogen-bond donors (Lipinski definition) is 0. The van der Waals surface area contributed by atoms with Crippen molar-refractivity contribution in [3.8, 4) is 5.75 Å². The van der Waals surface area contributed by atoms with E-state index in [9.17, 15) is 4.79 Å². The van der Waals surface area contributed by atoms with Gasteiger partial charge in [0.2, 0.25) is 5.91 Å². The molecule has 25 heavy (non-hydrogen) atoms. The van der Waals surface area contributed by atoms with E-state index in [1.165, 1.54) is 18.5 Å². The number of rotatable bonds is 3. The highest BCUT2D eigenvalue weighted by Gasteiger charge is 2.21. The Bertz CT molecular complexity index is 742. The Balaban J connectivity index is 1.51. The van der Waals surface area contributed by atoms with Gasteiger partial charge in [-0.2, -0.15) is 0 Å². The van der Waals surface area contributed by atoms with Crippen molar-refractivity contribution in [1.29, 1.82) is 0 Å². The van der Waals surface area contributed by atoms with Crippen molar-refractivity contribution in [1.82, 2.24) is 9.88 Å². The molecule has 1 aromatic carbocycles. The van der Waals surface area contributed by atoms with Gasteiger partial charge in [0.15, 0.2) is 0 Å². The lowest BCUT2D eigenvalue weighted by molar-refractivity contribution is -0.131. The van der Waals surface area contributed by atoms with Gasteiger partial charge >= 0.3 is 0 Å². The van der Waals surface area contributed by atoms with Crippen LogP contribution in [-0.4, -0.2) is 42.0 Å². The number of aromatic nitrogens is 1. The van der Waals surface area contributed by atoms with E-state index in [-0.39, 0.29) is 5.91 Å². The third kappa shape index (κ3) is 3.60. The number of fused-ring (bicyclic) bond motifs is 1. The molecule has 0 bridgehead atoms. The Labute approximate surface area is 148 Å². The van der Waals surface area contributed by atoms with Crippen LogP contribution in [0, 0.1) is 0 Å². The maximum atomic E-state index is 12.7. The minimum Gasteiger partial charge on any atom is -0.491 e. The quantitative estimate of drug-likeness (QED) is 0.864. The monoisotopic (exact) mass is 337 g/mol. The number of amides is 1. The van der Waals surface area contributed by atoms with E-state index >= 15 is 0 Å². The Hall–Kier alpha value is -2.56. The van der Waals surface area contributed by atoms with Crippen LogP contribution in [0.1, 0.15) is 24.0 Å². The zero-order chi connectivity index (χ0) is 17.1. The Morgan fingerprint density at radius 1 is 1.16 bits per heavy atom. The van der Waals surface area contributed by atoms with Gasteiger partial charge in [-0.05, 0) is 42.7 Å². The lowest BCUT2D eigenvalue weighted by Gasteiger charge is -2.22. The summed E-state index contributed by atoms with van der Waals surface area (Å²) in [6.45, 7) is 3.99. The molecule has 0 N–H and O–H groups in total. The van der Waals surface area contributed by atoms with Gasteiger partial charge in [-0.3, -0.25) is 9.78 Å². The highest BCUT2D eigenvalue weighted by Crippen LogP contribution is 2.30. The second-order valence-electron chi connectivity index (χ2n) is 6.69. The molecule has 3 heterocycles. The number of hydrogen-bond acceptors (Lipinski definition) is 4. The zero-order valence-electron chi connectivity index (χ0n) is 14.4. The second kappa shape index (κ2) is 7.13. The van der Waals surface area contributed by atoms with Gasteiger partial charge < -0.3 is 14.5 Å². The summed E-state index contributed by atoms with van der Waals surface area (Å²) in [5.74, 6) is 1.02. The van der Waals surface area contributed by atoms with Crippen LogP contribution < -0.4 is 9.64 Å². The third-order valence-corrected chi connectivity index (χ3v) is 4.93. The summed E-state index contributed by atoms with van der Waals surface area (Å²) >= 11 is 0. The first-order valence-electron chi connectivity index (χ1n) is 8.97. The van der Waals surface area contributed by atoms with E-state index in [0.717, 1.165) is 30.0 Å². The minimum atomic E-state index is 0.121. The van der Waals surface area contributed by atoms with Crippen LogP contribution in [0.4, 0.5) is 5.69 Å². The summed E-state index contributed by atoms with van der Waals surface area (Å²) in [7, 11) is 0. The van der Waals surface area contributed by atoms with Crippen LogP contribution in [0.15, 0.2) is 42.7 Å². The third-order valence-electron chi connectivity index (χ3n) is 4.93. The molecule has 1 saturated heterocycles. The van der Waals surface area contributed by atoms with Gasteiger partial charge in [0.05, 0.1) is 13.0 Å². The molecule has 4 rings (SSSR count). The average molecular weight is 337 g/mol. The van der Waals surface area contributed by atoms with E-state index in [0.29, 0.717) is 26.1 Å². The van der Waals surface area contributed by atoms with Crippen LogP contribution in [0.3, 0.4) is 0 Å². The largest absolute Gasteiger partial charge is 0.491 e. The molecule has 0 radical (unpaired) electrons. The molecule has 1 fully saturated rings. The van der Waals surface area contributed by atoms with Crippen LogP contribution in [-0.2, 0) is 17.8 Å². The molecule has 1 amide bonds. The molecule has 5 heteroatoms. The maximum Gasteiger partial charge on any atom is 0.227 e. The van der Waals surface area contributed by atoms with Crippen molar-refractivity contribution < 1.29 is 9.53 Å². The molecular weight excluding hydrogens is 314 g/mol. The molecule has 130 valence electrons. The number of carbonyl (C=O) groups is 1. The topological polar surface area (TPSA) is 45.7 Å². The first-order valence-corrected chi connectivity index (χ1v) is 8.97. The normalized spacial score (nSPS) is 17.0. The number of nitrogens with zero attached hydrogens (tertiary/aromatic N) is 3. The van der Waals surface area contributed by atoms with Gasteiger partial charge in [0.25, 0.3) is 0 Å². The van der Waals surface area contributed by atoms with Crippen LogP contribution in [0.5, 0.6) is 5.75 Å². The Morgan fingerprint density at radius 3 is 2.84 bits per heavy atom. The summed E-state index contributed by atoms with van der Waals surface area (Å²) in [5.41, 5.74) is 3.28. The summed E-state index contributed by atoms with van der Waals surface area (Å²) in [6, 6.07) is 10.2. The van der Waals surface area contributed by atoms with Crippen molar-refractivity contribution in [2.24, 2.45) is 0 Å². The summed E-state index contributed by atoms with van der Waals surface area (Å²) in [4.78, 5) is 21.1. The first-order chi connectivity index (χ1) is 12.3. The predicted octanol–water partition coefficient (Wildman–Crippen LogP) is 2.65. The first kappa shape index (κ1) is 15.9. The molecule has 0 unspecified atom stereocenters. The number of anilines is 1. The molecule has 1 aromatic heterocycles. The molecule has 0 aliphatic carbocycles. The fourth-order valence-electron chi connectivity index (χ4n) is 3.55. The summed E-state index contributed by atoms with van der Waals surface area (Å²) < 4.78 is 5.87. The van der Waals surface area contributed by atoms with Gasteiger partial charge in [-0.25, -0.2) is 0 Å². The predicted molar refractivity (Wildman–Crippen MR) is 96.7 cm³/mol. The minimum absolute atomic E-state index is 0.121. The molecular formula is C20H23N3O2. The number of carbonyl (C=O) groups excluding carboxylic acids is 1. The zero-order valence-corrected chi connectivity index (χ0v) is 14.4. The van der Waals surface area contributed by atoms with Gasteiger partial charge in [-0.1, -0.05) is 6.07 Å². The number of pyridine rings is 1. The SMILES string of the molecule is O=C(Cc1cccnc1)N1CCOc2ccc(N3CCCC3)cc2C1. The van der Waals surface area contributed by atoms with Crippen LogP contribution in [0.25, 0.3) is 0 Å². The van der Waals surface area contributed by atoms with Crippen molar-refractivity contribution in [2.75, 3.05) is 31.1 Å². The lowest BCUT2D eigenvalue weighted by Crippen LogP contribution is -2.33. The Morgan fingerprint density at radius 2 is 2.04 bits per heavy atom. The molecule has 2 aromatic rings. The smallest absolute Gasteiger partial charge is 0.227 e.